The minimum atomic E-state index is -4.08. The van der Waals surface area contributed by atoms with Crippen molar-refractivity contribution >= 4 is 15.7 Å². The van der Waals surface area contributed by atoms with Gasteiger partial charge in [0.25, 0.3) is 15.9 Å². The Labute approximate surface area is 144 Å². The van der Waals surface area contributed by atoms with Crippen molar-refractivity contribution in [3.05, 3.63) is 46.8 Å². The number of aryl methyl sites for hydroxylation is 4. The van der Waals surface area contributed by atoms with Crippen LogP contribution in [0.3, 0.4) is 0 Å². The number of sulfonamides is 1. The van der Waals surface area contributed by atoms with E-state index in [-0.39, 0.29) is 22.0 Å². The Bertz CT molecular complexity index is 1050. The monoisotopic (exact) mass is 364 g/mol. The fourth-order valence-electron chi connectivity index (χ4n) is 2.66. The number of hydrogen-bond donors (Lipinski definition) is 2. The Morgan fingerprint density at radius 1 is 1.16 bits per heavy atom. The highest BCUT2D eigenvalue weighted by atomic mass is 32.2. The SMILES string of the molecule is Cc1ccc(F)c(NS(=O)(=O)c2c(C)[nH]c(C)c2-c2nc(C)no2)c1. The maximum Gasteiger partial charge on any atom is 0.264 e. The van der Waals surface area contributed by atoms with Crippen molar-refractivity contribution in [2.24, 2.45) is 0 Å². The molecule has 0 unspecified atom stereocenters. The zero-order valence-electron chi connectivity index (χ0n) is 14.1. The quantitative estimate of drug-likeness (QED) is 0.740. The van der Waals surface area contributed by atoms with Gasteiger partial charge in [0, 0.05) is 11.4 Å². The van der Waals surface area contributed by atoms with Crippen LogP contribution in [-0.2, 0) is 10.0 Å². The maximum absolute atomic E-state index is 14.0. The third kappa shape index (κ3) is 3.14. The van der Waals surface area contributed by atoms with Crippen LogP contribution >= 0.6 is 0 Å². The summed E-state index contributed by atoms with van der Waals surface area (Å²) in [6.07, 6.45) is 0. The lowest BCUT2D eigenvalue weighted by atomic mass is 10.2. The Kier molecular flexibility index (Phi) is 4.11. The summed E-state index contributed by atoms with van der Waals surface area (Å²) in [7, 11) is -4.08. The minimum absolute atomic E-state index is 0.0467. The van der Waals surface area contributed by atoms with Gasteiger partial charge in [-0.3, -0.25) is 4.72 Å². The summed E-state index contributed by atoms with van der Waals surface area (Å²) in [6, 6.07) is 4.20. The number of aromatic nitrogens is 3. The standard InChI is InChI=1S/C16H17FN4O3S/c1-8-5-6-12(17)13(7-8)21-25(22,23)15-10(3)18-9(2)14(15)16-19-11(4)20-24-16/h5-7,18,21H,1-4H3. The largest absolute Gasteiger partial charge is 0.361 e. The Morgan fingerprint density at radius 2 is 1.88 bits per heavy atom. The van der Waals surface area contributed by atoms with Gasteiger partial charge in [0.1, 0.15) is 10.7 Å². The molecule has 0 fully saturated rings. The molecule has 2 N–H and O–H groups in total. The van der Waals surface area contributed by atoms with E-state index in [0.29, 0.717) is 17.2 Å². The van der Waals surface area contributed by atoms with E-state index >= 15 is 0 Å². The van der Waals surface area contributed by atoms with Crippen LogP contribution in [0.5, 0.6) is 0 Å². The van der Waals surface area contributed by atoms with E-state index in [1.807, 2.05) is 0 Å². The molecule has 1 aromatic carbocycles. The molecule has 2 heterocycles. The van der Waals surface area contributed by atoms with Crippen LogP contribution in [0.25, 0.3) is 11.5 Å². The first kappa shape index (κ1) is 17.2. The van der Waals surface area contributed by atoms with E-state index in [2.05, 4.69) is 19.8 Å². The van der Waals surface area contributed by atoms with Crippen LogP contribution in [0.4, 0.5) is 10.1 Å². The highest BCUT2D eigenvalue weighted by Crippen LogP contribution is 2.33. The minimum Gasteiger partial charge on any atom is -0.361 e. The number of hydrogen-bond acceptors (Lipinski definition) is 5. The Morgan fingerprint density at radius 3 is 2.52 bits per heavy atom. The van der Waals surface area contributed by atoms with Crippen molar-refractivity contribution in [1.82, 2.24) is 15.1 Å². The van der Waals surface area contributed by atoms with Gasteiger partial charge < -0.3 is 9.51 Å². The molecular weight excluding hydrogens is 347 g/mol. The predicted octanol–water partition coefficient (Wildman–Crippen LogP) is 3.24. The number of anilines is 1. The van der Waals surface area contributed by atoms with E-state index in [9.17, 15) is 12.8 Å². The first-order valence-corrected chi connectivity index (χ1v) is 8.96. The molecule has 0 saturated heterocycles. The summed E-state index contributed by atoms with van der Waals surface area (Å²) in [5, 5.41) is 3.70. The molecule has 0 aliphatic heterocycles. The second kappa shape index (κ2) is 5.99. The number of nitrogens with one attached hydrogen (secondary N) is 2. The Balaban J connectivity index is 2.13. The molecular formula is C16H17FN4O3S. The highest BCUT2D eigenvalue weighted by molar-refractivity contribution is 7.93. The first-order valence-electron chi connectivity index (χ1n) is 7.48. The van der Waals surface area contributed by atoms with E-state index in [0.717, 1.165) is 5.56 Å². The van der Waals surface area contributed by atoms with E-state index in [1.165, 1.54) is 12.1 Å². The third-order valence-electron chi connectivity index (χ3n) is 3.69. The van der Waals surface area contributed by atoms with Gasteiger partial charge in [0.05, 0.1) is 11.3 Å². The number of H-pyrrole nitrogens is 1. The average Bonchev–Trinajstić information content (AvgIpc) is 3.05. The van der Waals surface area contributed by atoms with Crippen molar-refractivity contribution in [1.29, 1.82) is 0 Å². The molecule has 0 spiro atoms. The molecule has 0 atom stereocenters. The molecule has 132 valence electrons. The lowest BCUT2D eigenvalue weighted by Crippen LogP contribution is -2.15. The van der Waals surface area contributed by atoms with Crippen molar-refractivity contribution in [2.45, 2.75) is 32.6 Å². The van der Waals surface area contributed by atoms with Gasteiger partial charge in [-0.25, -0.2) is 12.8 Å². The summed E-state index contributed by atoms with van der Waals surface area (Å²) in [5.41, 5.74) is 1.84. The number of aromatic amines is 1. The van der Waals surface area contributed by atoms with E-state index in [1.54, 1.807) is 33.8 Å². The zero-order chi connectivity index (χ0) is 18.4. The van der Waals surface area contributed by atoms with Gasteiger partial charge in [0.15, 0.2) is 5.82 Å². The van der Waals surface area contributed by atoms with Crippen LogP contribution < -0.4 is 4.72 Å². The van der Waals surface area contributed by atoms with Gasteiger partial charge in [-0.1, -0.05) is 11.2 Å². The lowest BCUT2D eigenvalue weighted by molar-refractivity contribution is 0.424. The third-order valence-corrected chi connectivity index (χ3v) is 5.23. The first-order chi connectivity index (χ1) is 11.7. The van der Waals surface area contributed by atoms with Crippen LogP contribution in [-0.4, -0.2) is 23.5 Å². The number of nitrogens with zero attached hydrogens (tertiary/aromatic N) is 2. The van der Waals surface area contributed by atoms with Crippen LogP contribution in [0.1, 0.15) is 22.8 Å². The normalized spacial score (nSPS) is 11.7. The Hall–Kier alpha value is -2.68. The lowest BCUT2D eigenvalue weighted by Gasteiger charge is -2.10. The molecule has 3 aromatic rings. The number of halogens is 1. The summed E-state index contributed by atoms with van der Waals surface area (Å²) >= 11 is 0. The van der Waals surface area contributed by atoms with E-state index < -0.39 is 15.8 Å². The molecule has 0 bridgehead atoms. The van der Waals surface area contributed by atoms with Crippen LogP contribution in [0.2, 0.25) is 0 Å². The molecule has 0 aliphatic carbocycles. The molecule has 3 rings (SSSR count). The van der Waals surface area contributed by atoms with Crippen LogP contribution in [0.15, 0.2) is 27.6 Å². The number of benzene rings is 1. The molecule has 7 nitrogen and oxygen atoms in total. The van der Waals surface area contributed by atoms with Crippen molar-refractivity contribution in [2.75, 3.05) is 4.72 Å². The van der Waals surface area contributed by atoms with Crippen molar-refractivity contribution in [3.8, 4) is 11.5 Å². The molecule has 0 amide bonds. The zero-order valence-corrected chi connectivity index (χ0v) is 15.0. The molecule has 9 heteroatoms. The van der Waals surface area contributed by atoms with Gasteiger partial charge in [-0.15, -0.1) is 0 Å². The predicted molar refractivity (Wildman–Crippen MR) is 90.2 cm³/mol. The number of rotatable bonds is 4. The smallest absolute Gasteiger partial charge is 0.264 e. The second-order valence-electron chi connectivity index (χ2n) is 5.81. The van der Waals surface area contributed by atoms with Gasteiger partial charge in [0.2, 0.25) is 0 Å². The average molecular weight is 364 g/mol. The molecule has 2 aromatic heterocycles. The molecule has 25 heavy (non-hydrogen) atoms. The summed E-state index contributed by atoms with van der Waals surface area (Å²) in [6.45, 7) is 6.70. The second-order valence-corrected chi connectivity index (χ2v) is 7.43. The molecule has 0 aliphatic rings. The maximum atomic E-state index is 14.0. The van der Waals surface area contributed by atoms with Crippen molar-refractivity contribution < 1.29 is 17.3 Å². The topological polar surface area (TPSA) is 101 Å². The highest BCUT2D eigenvalue weighted by Gasteiger charge is 2.29. The van der Waals surface area contributed by atoms with Crippen LogP contribution in [0, 0.1) is 33.5 Å². The van der Waals surface area contributed by atoms with Gasteiger partial charge in [-0.2, -0.15) is 4.98 Å². The van der Waals surface area contributed by atoms with Gasteiger partial charge >= 0.3 is 0 Å². The molecule has 0 radical (unpaired) electrons. The molecule has 0 saturated carbocycles. The summed E-state index contributed by atoms with van der Waals surface area (Å²) in [5.74, 6) is -0.187. The van der Waals surface area contributed by atoms with Crippen molar-refractivity contribution in [3.63, 3.8) is 0 Å². The van der Waals surface area contributed by atoms with E-state index in [4.69, 9.17) is 4.52 Å². The summed E-state index contributed by atoms with van der Waals surface area (Å²) < 4.78 is 47.2. The van der Waals surface area contributed by atoms with Gasteiger partial charge in [-0.05, 0) is 45.4 Å². The fourth-order valence-corrected chi connectivity index (χ4v) is 4.17. The summed E-state index contributed by atoms with van der Waals surface area (Å²) in [4.78, 5) is 7.02. The fraction of sp³-hybridized carbons (Fsp3) is 0.250.